The molecular formula is C16H19NO2S. The minimum absolute atomic E-state index is 0.185. The Hall–Kier alpha value is -1.65. The molecule has 2 aromatic rings. The van der Waals surface area contributed by atoms with Gasteiger partial charge in [-0.25, -0.2) is 0 Å². The Labute approximate surface area is 123 Å². The average Bonchev–Trinajstić information content (AvgIpc) is 2.92. The third kappa shape index (κ3) is 4.79. The van der Waals surface area contributed by atoms with E-state index >= 15 is 0 Å². The maximum atomic E-state index is 11.2. The molecule has 4 heteroatoms. The van der Waals surface area contributed by atoms with E-state index in [0.29, 0.717) is 6.42 Å². The maximum Gasteiger partial charge on any atom is 0.310 e. The fourth-order valence-corrected chi connectivity index (χ4v) is 2.89. The van der Waals surface area contributed by atoms with E-state index in [1.54, 1.807) is 11.3 Å². The van der Waals surface area contributed by atoms with Gasteiger partial charge in [-0.3, -0.25) is 4.79 Å². The van der Waals surface area contributed by atoms with E-state index in [-0.39, 0.29) is 5.97 Å². The predicted octanol–water partition coefficient (Wildman–Crippen LogP) is 2.80. The Morgan fingerprint density at radius 1 is 1.15 bits per heavy atom. The first-order valence-electron chi connectivity index (χ1n) is 6.67. The molecule has 0 radical (unpaired) electrons. The number of carbonyl (C=O) groups excluding carboxylic acids is 1. The Kier molecular flexibility index (Phi) is 5.77. The molecule has 0 amide bonds. The number of hydrogen-bond donors (Lipinski definition) is 1. The maximum absolute atomic E-state index is 11.2. The molecule has 0 aliphatic rings. The van der Waals surface area contributed by atoms with Gasteiger partial charge in [0.25, 0.3) is 0 Å². The second kappa shape index (κ2) is 7.82. The minimum Gasteiger partial charge on any atom is -0.469 e. The normalized spacial score (nSPS) is 10.4. The molecule has 1 heterocycles. The Morgan fingerprint density at radius 3 is 2.65 bits per heavy atom. The fourth-order valence-electron chi connectivity index (χ4n) is 1.92. The van der Waals surface area contributed by atoms with Crippen LogP contribution in [0.15, 0.2) is 42.5 Å². The van der Waals surface area contributed by atoms with Crippen molar-refractivity contribution in [2.45, 2.75) is 19.4 Å². The molecule has 0 saturated carbocycles. The van der Waals surface area contributed by atoms with Gasteiger partial charge in [-0.15, -0.1) is 11.3 Å². The zero-order valence-electron chi connectivity index (χ0n) is 11.6. The van der Waals surface area contributed by atoms with Crippen molar-refractivity contribution >= 4 is 17.3 Å². The molecule has 0 aliphatic carbocycles. The Morgan fingerprint density at radius 2 is 1.90 bits per heavy atom. The van der Waals surface area contributed by atoms with Gasteiger partial charge >= 0.3 is 5.97 Å². The monoisotopic (exact) mass is 289 g/mol. The highest BCUT2D eigenvalue weighted by Gasteiger charge is 2.05. The van der Waals surface area contributed by atoms with Crippen molar-refractivity contribution < 1.29 is 9.53 Å². The van der Waals surface area contributed by atoms with Gasteiger partial charge in [-0.1, -0.05) is 30.3 Å². The lowest BCUT2D eigenvalue weighted by molar-refractivity contribution is -0.139. The Bertz CT molecular complexity index is 536. The molecule has 0 aliphatic heterocycles. The number of thiophene rings is 1. The van der Waals surface area contributed by atoms with Crippen LogP contribution in [0.1, 0.15) is 15.3 Å². The van der Waals surface area contributed by atoms with Gasteiger partial charge in [0.15, 0.2) is 0 Å². The van der Waals surface area contributed by atoms with Crippen LogP contribution in [0, 0.1) is 0 Å². The van der Waals surface area contributed by atoms with Crippen molar-refractivity contribution in [3.63, 3.8) is 0 Å². The standard InChI is InChI=1S/C16H19NO2S/c1-19-16(18)11-14-7-8-15(20-14)12-17-10-9-13-5-3-2-4-6-13/h2-8,17H,9-12H2,1H3. The predicted molar refractivity (Wildman–Crippen MR) is 81.9 cm³/mol. The first-order chi connectivity index (χ1) is 9.78. The number of methoxy groups -OCH3 is 1. The van der Waals surface area contributed by atoms with Gasteiger partial charge in [0.1, 0.15) is 0 Å². The van der Waals surface area contributed by atoms with Crippen LogP contribution in [0.4, 0.5) is 0 Å². The molecule has 1 N–H and O–H groups in total. The second-order valence-electron chi connectivity index (χ2n) is 4.53. The van der Waals surface area contributed by atoms with Crippen LogP contribution in [0.3, 0.4) is 0 Å². The molecule has 0 unspecified atom stereocenters. The van der Waals surface area contributed by atoms with Crippen molar-refractivity contribution in [2.75, 3.05) is 13.7 Å². The summed E-state index contributed by atoms with van der Waals surface area (Å²) in [5, 5.41) is 3.43. The molecule has 2 rings (SSSR count). The Balaban J connectivity index is 1.70. The second-order valence-corrected chi connectivity index (χ2v) is 5.79. The van der Waals surface area contributed by atoms with Gasteiger partial charge < -0.3 is 10.1 Å². The third-order valence-corrected chi connectivity index (χ3v) is 4.08. The van der Waals surface area contributed by atoms with Crippen molar-refractivity contribution in [1.82, 2.24) is 5.32 Å². The number of carbonyl (C=O) groups is 1. The van der Waals surface area contributed by atoms with Crippen LogP contribution in [0.25, 0.3) is 0 Å². The summed E-state index contributed by atoms with van der Waals surface area (Å²) in [4.78, 5) is 13.5. The van der Waals surface area contributed by atoms with Crippen LogP contribution in [-0.4, -0.2) is 19.6 Å². The van der Waals surface area contributed by atoms with Crippen LogP contribution in [-0.2, 0) is 28.9 Å². The largest absolute Gasteiger partial charge is 0.469 e. The van der Waals surface area contributed by atoms with Crippen molar-refractivity contribution in [3.8, 4) is 0 Å². The third-order valence-electron chi connectivity index (χ3n) is 3.00. The lowest BCUT2D eigenvalue weighted by atomic mass is 10.1. The number of nitrogens with one attached hydrogen (secondary N) is 1. The zero-order chi connectivity index (χ0) is 14.2. The molecule has 1 aromatic heterocycles. The zero-order valence-corrected chi connectivity index (χ0v) is 12.4. The number of rotatable bonds is 7. The molecule has 0 spiro atoms. The molecule has 0 bridgehead atoms. The van der Waals surface area contributed by atoms with Gasteiger partial charge in [0, 0.05) is 16.3 Å². The summed E-state index contributed by atoms with van der Waals surface area (Å²) in [5.74, 6) is -0.185. The topological polar surface area (TPSA) is 38.3 Å². The van der Waals surface area contributed by atoms with E-state index in [1.807, 2.05) is 12.1 Å². The van der Waals surface area contributed by atoms with Crippen molar-refractivity contribution in [3.05, 3.63) is 57.8 Å². The average molecular weight is 289 g/mol. The van der Waals surface area contributed by atoms with E-state index < -0.39 is 0 Å². The van der Waals surface area contributed by atoms with E-state index in [2.05, 4.69) is 40.4 Å². The highest BCUT2D eigenvalue weighted by Crippen LogP contribution is 2.17. The minimum atomic E-state index is -0.185. The lowest BCUT2D eigenvalue weighted by Crippen LogP contribution is -2.15. The number of hydrogen-bond acceptors (Lipinski definition) is 4. The SMILES string of the molecule is COC(=O)Cc1ccc(CNCCc2ccccc2)s1. The van der Waals surface area contributed by atoms with Crippen molar-refractivity contribution in [2.24, 2.45) is 0 Å². The van der Waals surface area contributed by atoms with E-state index in [4.69, 9.17) is 0 Å². The van der Waals surface area contributed by atoms with E-state index in [9.17, 15) is 4.79 Å². The van der Waals surface area contributed by atoms with Crippen molar-refractivity contribution in [1.29, 1.82) is 0 Å². The summed E-state index contributed by atoms with van der Waals surface area (Å²) >= 11 is 1.66. The summed E-state index contributed by atoms with van der Waals surface area (Å²) in [6, 6.07) is 14.5. The number of ether oxygens (including phenoxy) is 1. The number of benzene rings is 1. The number of esters is 1. The van der Waals surface area contributed by atoms with Gasteiger partial charge in [0.05, 0.1) is 13.5 Å². The first-order valence-corrected chi connectivity index (χ1v) is 7.48. The molecule has 20 heavy (non-hydrogen) atoms. The quantitative estimate of drug-likeness (QED) is 0.629. The molecule has 0 fully saturated rings. The molecule has 1 aromatic carbocycles. The van der Waals surface area contributed by atoms with Crippen LogP contribution in [0.2, 0.25) is 0 Å². The van der Waals surface area contributed by atoms with Gasteiger partial charge in [0.2, 0.25) is 0 Å². The molecule has 3 nitrogen and oxygen atoms in total. The highest BCUT2D eigenvalue weighted by molar-refractivity contribution is 7.12. The van der Waals surface area contributed by atoms with Gasteiger partial charge in [-0.05, 0) is 30.7 Å². The van der Waals surface area contributed by atoms with Crippen LogP contribution < -0.4 is 5.32 Å². The smallest absolute Gasteiger partial charge is 0.310 e. The van der Waals surface area contributed by atoms with E-state index in [1.165, 1.54) is 17.6 Å². The fraction of sp³-hybridized carbons (Fsp3) is 0.312. The summed E-state index contributed by atoms with van der Waals surface area (Å²) in [6.45, 7) is 1.80. The lowest BCUT2D eigenvalue weighted by Gasteiger charge is -2.03. The summed E-state index contributed by atoms with van der Waals surface area (Å²) in [7, 11) is 1.42. The van der Waals surface area contributed by atoms with Crippen LogP contribution >= 0.6 is 11.3 Å². The summed E-state index contributed by atoms with van der Waals surface area (Å²) in [5.41, 5.74) is 1.34. The summed E-state index contributed by atoms with van der Waals surface area (Å²) in [6.07, 6.45) is 1.40. The molecule has 106 valence electrons. The molecule has 0 saturated heterocycles. The molecular weight excluding hydrogens is 270 g/mol. The van der Waals surface area contributed by atoms with Gasteiger partial charge in [-0.2, -0.15) is 0 Å². The highest BCUT2D eigenvalue weighted by atomic mass is 32.1. The first kappa shape index (κ1) is 14.8. The van der Waals surface area contributed by atoms with E-state index in [0.717, 1.165) is 24.4 Å². The molecule has 0 atom stereocenters. The summed E-state index contributed by atoms with van der Waals surface area (Å²) < 4.78 is 4.66. The van der Waals surface area contributed by atoms with Crippen LogP contribution in [0.5, 0.6) is 0 Å².